The summed E-state index contributed by atoms with van der Waals surface area (Å²) in [6, 6.07) is 15.9. The fraction of sp³-hybridized carbons (Fsp3) is 0.360. The van der Waals surface area contributed by atoms with E-state index in [-0.39, 0.29) is 5.91 Å². The topological polar surface area (TPSA) is 83.5 Å². The first-order valence-corrected chi connectivity index (χ1v) is 11.4. The second kappa shape index (κ2) is 9.54. The Bertz CT molecular complexity index is 1050. The molecule has 2 fully saturated rings. The Morgan fingerprint density at radius 3 is 2.18 bits per heavy atom. The lowest BCUT2D eigenvalue weighted by Gasteiger charge is -2.36. The number of rotatable bonds is 5. The van der Waals surface area contributed by atoms with Crippen LogP contribution in [0.5, 0.6) is 0 Å². The molecular formula is C25H28N6O2. The molecule has 2 aliphatic rings. The quantitative estimate of drug-likeness (QED) is 0.648. The van der Waals surface area contributed by atoms with Crippen molar-refractivity contribution < 1.29 is 9.53 Å². The standard InChI is InChI=1S/C25H28N6O2/c32-23(25(9-16-33-17-10-25)20-6-2-1-3-7-20)29-21-18-27-24(28-19-21)31-14-12-30(13-15-31)22-8-4-5-11-26-22/h1-8,11,18-19H,9-10,12-17H2,(H,29,32). The first-order valence-electron chi connectivity index (χ1n) is 11.4. The average Bonchev–Trinajstić information content (AvgIpc) is 2.91. The van der Waals surface area contributed by atoms with Gasteiger partial charge >= 0.3 is 0 Å². The van der Waals surface area contributed by atoms with Gasteiger partial charge in [-0.2, -0.15) is 0 Å². The molecule has 0 spiro atoms. The molecule has 0 unspecified atom stereocenters. The largest absolute Gasteiger partial charge is 0.381 e. The molecule has 0 aliphatic carbocycles. The summed E-state index contributed by atoms with van der Waals surface area (Å²) in [7, 11) is 0. The molecule has 0 saturated carbocycles. The third kappa shape index (κ3) is 4.52. The van der Waals surface area contributed by atoms with Gasteiger partial charge in [0.15, 0.2) is 0 Å². The second-order valence-corrected chi connectivity index (χ2v) is 8.45. The summed E-state index contributed by atoms with van der Waals surface area (Å²) in [4.78, 5) is 31.3. The molecule has 0 radical (unpaired) electrons. The Morgan fingerprint density at radius 1 is 0.848 bits per heavy atom. The summed E-state index contributed by atoms with van der Waals surface area (Å²) in [6.45, 7) is 4.50. The van der Waals surface area contributed by atoms with Gasteiger partial charge in [0.2, 0.25) is 11.9 Å². The van der Waals surface area contributed by atoms with E-state index in [0.29, 0.717) is 37.7 Å². The summed E-state index contributed by atoms with van der Waals surface area (Å²) in [5.41, 5.74) is 1.03. The number of benzene rings is 1. The first kappa shape index (κ1) is 21.3. The van der Waals surface area contributed by atoms with Crippen molar-refractivity contribution in [2.24, 2.45) is 0 Å². The molecule has 33 heavy (non-hydrogen) atoms. The minimum Gasteiger partial charge on any atom is -0.381 e. The number of carbonyl (C=O) groups excluding carboxylic acids is 1. The van der Waals surface area contributed by atoms with Crippen LogP contribution in [-0.2, 0) is 14.9 Å². The molecule has 4 heterocycles. The number of carbonyl (C=O) groups is 1. The summed E-state index contributed by atoms with van der Waals surface area (Å²) >= 11 is 0. The number of nitrogens with one attached hydrogen (secondary N) is 1. The van der Waals surface area contributed by atoms with E-state index in [9.17, 15) is 4.79 Å². The molecule has 2 aliphatic heterocycles. The van der Waals surface area contributed by atoms with Crippen molar-refractivity contribution in [3.05, 3.63) is 72.7 Å². The lowest BCUT2D eigenvalue weighted by Crippen LogP contribution is -2.47. The molecule has 1 aromatic carbocycles. The van der Waals surface area contributed by atoms with Crippen LogP contribution in [0, 0.1) is 0 Å². The van der Waals surface area contributed by atoms with Gasteiger partial charge < -0.3 is 19.9 Å². The molecule has 5 rings (SSSR count). The first-order chi connectivity index (χ1) is 16.2. The Hall–Kier alpha value is -3.52. The maximum atomic E-state index is 13.4. The summed E-state index contributed by atoms with van der Waals surface area (Å²) in [6.07, 6.45) is 6.53. The smallest absolute Gasteiger partial charge is 0.235 e. The van der Waals surface area contributed by atoms with E-state index in [2.05, 4.69) is 30.1 Å². The van der Waals surface area contributed by atoms with Crippen molar-refractivity contribution in [2.75, 3.05) is 54.5 Å². The second-order valence-electron chi connectivity index (χ2n) is 8.45. The third-order valence-electron chi connectivity index (χ3n) is 6.54. The van der Waals surface area contributed by atoms with E-state index in [4.69, 9.17) is 4.74 Å². The van der Waals surface area contributed by atoms with Crippen LogP contribution in [0.15, 0.2) is 67.1 Å². The third-order valence-corrected chi connectivity index (χ3v) is 6.54. The molecule has 8 nitrogen and oxygen atoms in total. The monoisotopic (exact) mass is 444 g/mol. The zero-order valence-corrected chi connectivity index (χ0v) is 18.6. The number of piperazine rings is 1. The van der Waals surface area contributed by atoms with E-state index in [1.165, 1.54) is 0 Å². The molecule has 1 amide bonds. The molecule has 2 aromatic heterocycles. The molecule has 1 N–H and O–H groups in total. The predicted molar refractivity (Wildman–Crippen MR) is 127 cm³/mol. The zero-order chi connectivity index (χ0) is 22.5. The van der Waals surface area contributed by atoms with E-state index in [1.807, 2.05) is 54.7 Å². The van der Waals surface area contributed by atoms with E-state index in [0.717, 1.165) is 37.6 Å². The minimum atomic E-state index is -0.597. The molecule has 2 saturated heterocycles. The van der Waals surface area contributed by atoms with E-state index < -0.39 is 5.41 Å². The summed E-state index contributed by atoms with van der Waals surface area (Å²) in [5.74, 6) is 1.64. The average molecular weight is 445 g/mol. The van der Waals surface area contributed by atoms with Crippen LogP contribution >= 0.6 is 0 Å². The summed E-state index contributed by atoms with van der Waals surface area (Å²) < 4.78 is 5.55. The molecule has 0 atom stereocenters. The number of hydrogen-bond acceptors (Lipinski definition) is 7. The lowest BCUT2D eigenvalue weighted by molar-refractivity contribution is -0.125. The predicted octanol–water partition coefficient (Wildman–Crippen LogP) is 2.89. The maximum Gasteiger partial charge on any atom is 0.235 e. The fourth-order valence-corrected chi connectivity index (χ4v) is 4.60. The maximum absolute atomic E-state index is 13.4. The van der Waals surface area contributed by atoms with Crippen LogP contribution in [0.4, 0.5) is 17.5 Å². The van der Waals surface area contributed by atoms with Crippen molar-refractivity contribution >= 4 is 23.4 Å². The van der Waals surface area contributed by atoms with Gasteiger partial charge in [-0.15, -0.1) is 0 Å². The molecule has 8 heteroatoms. The highest BCUT2D eigenvalue weighted by Gasteiger charge is 2.41. The van der Waals surface area contributed by atoms with Gasteiger partial charge in [-0.1, -0.05) is 36.4 Å². The van der Waals surface area contributed by atoms with Gasteiger partial charge in [-0.25, -0.2) is 15.0 Å². The van der Waals surface area contributed by atoms with Crippen LogP contribution in [0.3, 0.4) is 0 Å². The number of hydrogen-bond donors (Lipinski definition) is 1. The van der Waals surface area contributed by atoms with Crippen LogP contribution in [0.2, 0.25) is 0 Å². The van der Waals surface area contributed by atoms with Crippen molar-refractivity contribution in [3.8, 4) is 0 Å². The Kier molecular flexibility index (Phi) is 6.17. The number of amides is 1. The highest BCUT2D eigenvalue weighted by molar-refractivity contribution is 5.99. The Labute approximate surface area is 193 Å². The van der Waals surface area contributed by atoms with Gasteiger partial charge in [-0.05, 0) is 30.5 Å². The molecule has 0 bridgehead atoms. The normalized spacial score (nSPS) is 18.1. The highest BCUT2D eigenvalue weighted by Crippen LogP contribution is 2.36. The van der Waals surface area contributed by atoms with Crippen molar-refractivity contribution in [1.29, 1.82) is 0 Å². The number of aromatic nitrogens is 3. The number of pyridine rings is 1. The molecule has 3 aromatic rings. The number of anilines is 3. The summed E-state index contributed by atoms with van der Waals surface area (Å²) in [5, 5.41) is 3.06. The van der Waals surface area contributed by atoms with Crippen LogP contribution in [0.25, 0.3) is 0 Å². The minimum absolute atomic E-state index is 0.0303. The fourth-order valence-electron chi connectivity index (χ4n) is 4.60. The van der Waals surface area contributed by atoms with Crippen molar-refractivity contribution in [2.45, 2.75) is 18.3 Å². The van der Waals surface area contributed by atoms with Crippen LogP contribution in [-0.4, -0.2) is 60.3 Å². The van der Waals surface area contributed by atoms with Crippen molar-refractivity contribution in [1.82, 2.24) is 15.0 Å². The van der Waals surface area contributed by atoms with Gasteiger partial charge in [0.05, 0.1) is 23.5 Å². The van der Waals surface area contributed by atoms with Gasteiger partial charge in [0.1, 0.15) is 5.82 Å². The number of nitrogens with zero attached hydrogens (tertiary/aromatic N) is 5. The number of ether oxygens (including phenoxy) is 1. The van der Waals surface area contributed by atoms with Gasteiger partial charge in [0.25, 0.3) is 0 Å². The SMILES string of the molecule is O=C(Nc1cnc(N2CCN(c3ccccn3)CC2)nc1)C1(c2ccccc2)CCOCC1. The van der Waals surface area contributed by atoms with E-state index >= 15 is 0 Å². The van der Waals surface area contributed by atoms with E-state index in [1.54, 1.807) is 12.4 Å². The highest BCUT2D eigenvalue weighted by atomic mass is 16.5. The van der Waals surface area contributed by atoms with Gasteiger partial charge in [0, 0.05) is 45.6 Å². The lowest BCUT2D eigenvalue weighted by atomic mass is 9.73. The van der Waals surface area contributed by atoms with Crippen LogP contribution < -0.4 is 15.1 Å². The van der Waals surface area contributed by atoms with Crippen LogP contribution in [0.1, 0.15) is 18.4 Å². The molecular weight excluding hydrogens is 416 g/mol. The zero-order valence-electron chi connectivity index (χ0n) is 18.6. The Morgan fingerprint density at radius 2 is 1.52 bits per heavy atom. The van der Waals surface area contributed by atoms with Gasteiger partial charge in [-0.3, -0.25) is 4.79 Å². The van der Waals surface area contributed by atoms with Crippen molar-refractivity contribution in [3.63, 3.8) is 0 Å². The molecule has 170 valence electrons. The Balaban J connectivity index is 1.24.